The fraction of sp³-hybridized carbons (Fsp3) is 0.542. The Morgan fingerprint density at radius 3 is 2.61 bits per heavy atom. The first kappa shape index (κ1) is 22.6. The Morgan fingerprint density at radius 1 is 1.26 bits per heavy atom. The molecule has 1 saturated heterocycles. The van der Waals surface area contributed by atoms with Gasteiger partial charge in [-0.05, 0) is 67.6 Å². The van der Waals surface area contributed by atoms with Crippen molar-refractivity contribution >= 4 is 35.8 Å². The number of hydrogen-bond donors (Lipinski definition) is 2. The molecule has 0 radical (unpaired) electrons. The number of piperazine rings is 1. The second-order valence-electron chi connectivity index (χ2n) is 9.80. The molecule has 168 valence electrons. The summed E-state index contributed by atoms with van der Waals surface area (Å²) in [5.74, 6) is -0.807. The van der Waals surface area contributed by atoms with Crippen molar-refractivity contribution in [1.82, 2.24) is 9.21 Å². The van der Waals surface area contributed by atoms with E-state index in [0.717, 1.165) is 67.0 Å². The van der Waals surface area contributed by atoms with Crippen LogP contribution < -0.4 is 4.90 Å². The summed E-state index contributed by atoms with van der Waals surface area (Å²) >= 11 is 6.19. The minimum atomic E-state index is -0.807. The quantitative estimate of drug-likeness (QED) is 0.637. The number of thiol groups is 1. The van der Waals surface area contributed by atoms with Gasteiger partial charge in [0.25, 0.3) is 0 Å². The fourth-order valence-electron chi connectivity index (χ4n) is 4.78. The van der Waals surface area contributed by atoms with Gasteiger partial charge in [0, 0.05) is 48.2 Å². The molecule has 0 unspecified atom stereocenters. The summed E-state index contributed by atoms with van der Waals surface area (Å²) < 4.78 is 1.86. The van der Waals surface area contributed by atoms with E-state index >= 15 is 0 Å². The van der Waals surface area contributed by atoms with Gasteiger partial charge in [-0.15, -0.1) is 11.3 Å². The maximum atomic E-state index is 12.4. The topological polar surface area (TPSA) is 47.0 Å². The Kier molecular flexibility index (Phi) is 6.41. The average molecular weight is 460 g/mol. The van der Waals surface area contributed by atoms with Crippen molar-refractivity contribution in [3.8, 4) is 10.4 Å². The molecule has 2 aromatic rings. The van der Waals surface area contributed by atoms with Crippen LogP contribution in [0.1, 0.15) is 46.6 Å². The second kappa shape index (κ2) is 8.77. The zero-order valence-electron chi connectivity index (χ0n) is 18.9. The van der Waals surface area contributed by atoms with Crippen LogP contribution in [0.3, 0.4) is 0 Å². The number of likely N-dealkylation sites (N-methyl/N-ethyl adjacent to an activating group) is 1. The molecule has 2 heterocycles. The van der Waals surface area contributed by atoms with Crippen molar-refractivity contribution in [2.75, 3.05) is 45.2 Å². The number of aromatic carboxylic acids is 1. The molecule has 7 heteroatoms. The van der Waals surface area contributed by atoms with Gasteiger partial charge in [-0.1, -0.05) is 32.7 Å². The predicted octanol–water partition coefficient (Wildman–Crippen LogP) is 4.66. The van der Waals surface area contributed by atoms with Gasteiger partial charge in [0.1, 0.15) is 0 Å². The lowest BCUT2D eigenvalue weighted by Gasteiger charge is -2.34. The summed E-state index contributed by atoms with van der Waals surface area (Å²) in [6.45, 7) is 9.27. The lowest BCUT2D eigenvalue weighted by atomic mass is 9.76. The molecule has 0 atom stereocenters. The lowest BCUT2D eigenvalue weighted by molar-refractivity contribution is 0.0696. The Labute approximate surface area is 195 Å². The van der Waals surface area contributed by atoms with Gasteiger partial charge in [0.05, 0.1) is 5.56 Å². The zero-order valence-corrected chi connectivity index (χ0v) is 20.7. The number of nitrogens with zero attached hydrogens (tertiary/aromatic N) is 3. The van der Waals surface area contributed by atoms with Crippen LogP contribution in [0.5, 0.6) is 0 Å². The number of thiophene rings is 1. The van der Waals surface area contributed by atoms with Gasteiger partial charge in [-0.2, -0.15) is 0 Å². The number of benzene rings is 1. The molecule has 0 spiro atoms. The Hall–Kier alpha value is -1.54. The SMILES string of the molecule is CN(S)Cc1cc(N2CCN(C)CC2)ccc1-c1sc2c(c1C(=O)O)CC(C)(C)CC2. The molecule has 0 bridgehead atoms. The van der Waals surface area contributed by atoms with E-state index in [1.54, 1.807) is 11.3 Å². The number of anilines is 1. The summed E-state index contributed by atoms with van der Waals surface area (Å²) in [4.78, 5) is 19.3. The number of hydrogen-bond acceptors (Lipinski definition) is 6. The van der Waals surface area contributed by atoms with E-state index in [-0.39, 0.29) is 5.41 Å². The van der Waals surface area contributed by atoms with Crippen LogP contribution in [0.4, 0.5) is 5.69 Å². The molecule has 1 N–H and O–H groups in total. The van der Waals surface area contributed by atoms with Crippen LogP contribution in [0.25, 0.3) is 10.4 Å². The molecule has 1 aromatic heterocycles. The highest BCUT2D eigenvalue weighted by molar-refractivity contribution is 7.77. The third kappa shape index (κ3) is 4.80. The molecule has 1 aliphatic carbocycles. The first-order valence-corrected chi connectivity index (χ1v) is 12.2. The van der Waals surface area contributed by atoms with E-state index in [0.29, 0.717) is 12.1 Å². The molecule has 0 saturated carbocycles. The van der Waals surface area contributed by atoms with Gasteiger partial charge in [0.15, 0.2) is 0 Å². The summed E-state index contributed by atoms with van der Waals surface area (Å²) in [5, 5.41) is 10.2. The third-order valence-corrected chi connectivity index (χ3v) is 8.06. The van der Waals surface area contributed by atoms with Gasteiger partial charge in [0.2, 0.25) is 0 Å². The second-order valence-corrected chi connectivity index (χ2v) is 11.6. The molecule has 5 nitrogen and oxygen atoms in total. The first-order chi connectivity index (χ1) is 14.6. The number of aryl methyl sites for hydroxylation is 1. The highest BCUT2D eigenvalue weighted by atomic mass is 32.1. The summed E-state index contributed by atoms with van der Waals surface area (Å²) in [7, 11) is 4.10. The van der Waals surface area contributed by atoms with E-state index in [2.05, 4.69) is 61.7 Å². The maximum Gasteiger partial charge on any atom is 0.337 e. The van der Waals surface area contributed by atoms with Crippen molar-refractivity contribution < 1.29 is 9.90 Å². The largest absolute Gasteiger partial charge is 0.478 e. The molecular weight excluding hydrogens is 426 g/mol. The normalized spacial score (nSPS) is 19.0. The van der Waals surface area contributed by atoms with Gasteiger partial charge in [-0.25, -0.2) is 4.79 Å². The average Bonchev–Trinajstić information content (AvgIpc) is 3.05. The number of carbonyl (C=O) groups is 1. The predicted molar refractivity (Wildman–Crippen MR) is 133 cm³/mol. The third-order valence-electron chi connectivity index (χ3n) is 6.59. The van der Waals surface area contributed by atoms with Crippen LogP contribution in [0.15, 0.2) is 18.2 Å². The number of rotatable bonds is 5. The van der Waals surface area contributed by atoms with Crippen LogP contribution in [-0.2, 0) is 19.4 Å². The highest BCUT2D eigenvalue weighted by Gasteiger charge is 2.33. The van der Waals surface area contributed by atoms with Crippen LogP contribution in [-0.4, -0.2) is 60.6 Å². The highest BCUT2D eigenvalue weighted by Crippen LogP contribution is 2.46. The molecule has 31 heavy (non-hydrogen) atoms. The van der Waals surface area contributed by atoms with Crippen molar-refractivity contribution in [2.45, 2.75) is 39.7 Å². The van der Waals surface area contributed by atoms with Crippen LogP contribution >= 0.6 is 24.2 Å². The maximum absolute atomic E-state index is 12.4. The Morgan fingerprint density at radius 2 is 1.97 bits per heavy atom. The van der Waals surface area contributed by atoms with E-state index in [1.165, 1.54) is 10.6 Å². The van der Waals surface area contributed by atoms with Crippen molar-refractivity contribution in [3.63, 3.8) is 0 Å². The van der Waals surface area contributed by atoms with Crippen LogP contribution in [0, 0.1) is 5.41 Å². The Balaban J connectivity index is 1.78. The van der Waals surface area contributed by atoms with Gasteiger partial charge >= 0.3 is 5.97 Å². The minimum absolute atomic E-state index is 0.148. The number of carboxylic acids is 1. The van der Waals surface area contributed by atoms with E-state index in [1.807, 2.05) is 11.4 Å². The molecule has 2 aliphatic rings. The molecule has 1 aromatic carbocycles. The van der Waals surface area contributed by atoms with Crippen molar-refractivity contribution in [2.24, 2.45) is 5.41 Å². The molecule has 1 fully saturated rings. The fourth-order valence-corrected chi connectivity index (χ4v) is 6.30. The minimum Gasteiger partial charge on any atom is -0.478 e. The number of carboxylic acid groups (broad SMARTS) is 1. The van der Waals surface area contributed by atoms with Gasteiger partial charge in [-0.3, -0.25) is 4.31 Å². The lowest BCUT2D eigenvalue weighted by Crippen LogP contribution is -2.44. The Bertz CT molecular complexity index is 975. The van der Waals surface area contributed by atoms with Crippen molar-refractivity contribution in [1.29, 1.82) is 0 Å². The zero-order chi connectivity index (χ0) is 22.3. The van der Waals surface area contributed by atoms with E-state index < -0.39 is 5.97 Å². The standard InChI is InChI=1S/C24H33N3O2S2/c1-24(2)8-7-20-19(14-24)21(23(28)29)22(31-20)18-6-5-17(13-16(18)15-26(4)30)27-11-9-25(3)10-12-27/h5-6,13,30H,7-12,14-15H2,1-4H3,(H,28,29). The first-order valence-electron chi connectivity index (χ1n) is 11.0. The van der Waals surface area contributed by atoms with E-state index in [4.69, 9.17) is 0 Å². The smallest absolute Gasteiger partial charge is 0.337 e. The summed E-state index contributed by atoms with van der Waals surface area (Å²) in [6.07, 6.45) is 2.91. The number of fused-ring (bicyclic) bond motifs is 1. The summed E-state index contributed by atoms with van der Waals surface area (Å²) in [5.41, 5.74) is 5.10. The summed E-state index contributed by atoms with van der Waals surface area (Å²) in [6, 6.07) is 6.54. The monoisotopic (exact) mass is 459 g/mol. The molecular formula is C24H33N3O2S2. The van der Waals surface area contributed by atoms with Crippen LogP contribution in [0.2, 0.25) is 0 Å². The van der Waals surface area contributed by atoms with Gasteiger partial charge < -0.3 is 14.9 Å². The van der Waals surface area contributed by atoms with Crippen molar-refractivity contribution in [3.05, 3.63) is 39.8 Å². The molecule has 1 aliphatic heterocycles. The van der Waals surface area contributed by atoms with E-state index in [9.17, 15) is 9.90 Å². The molecule has 4 rings (SSSR count). The molecule has 0 amide bonds.